The first kappa shape index (κ1) is 19.4. The minimum absolute atomic E-state index is 0.0511. The lowest BCUT2D eigenvalue weighted by Crippen LogP contribution is -2.50. The van der Waals surface area contributed by atoms with Crippen molar-refractivity contribution in [2.75, 3.05) is 26.5 Å². The van der Waals surface area contributed by atoms with Gasteiger partial charge in [0.25, 0.3) is 0 Å². The number of nitrogens with zero attached hydrogens (tertiary/aromatic N) is 2. The zero-order chi connectivity index (χ0) is 19.9. The van der Waals surface area contributed by atoms with Crippen LogP contribution >= 0.6 is 0 Å². The average Bonchev–Trinajstić information content (AvgIpc) is 3.25. The molecule has 1 aliphatic heterocycles. The number of rotatable bonds is 5. The van der Waals surface area contributed by atoms with E-state index in [0.717, 1.165) is 23.7 Å². The van der Waals surface area contributed by atoms with Gasteiger partial charge in [0.2, 0.25) is 15.9 Å². The van der Waals surface area contributed by atoms with Gasteiger partial charge in [-0.1, -0.05) is 18.2 Å². The fourth-order valence-electron chi connectivity index (χ4n) is 4.74. The molecule has 0 bridgehead atoms. The lowest BCUT2D eigenvalue weighted by atomic mass is 9.77. The van der Waals surface area contributed by atoms with Gasteiger partial charge in [-0.3, -0.25) is 4.79 Å². The molecular weight excluding hydrogens is 378 g/mol. The number of sulfonamides is 1. The van der Waals surface area contributed by atoms with Crippen molar-refractivity contribution in [3.8, 4) is 0 Å². The smallest absolute Gasteiger partial charge is 0.240 e. The average molecular weight is 406 g/mol. The van der Waals surface area contributed by atoms with Gasteiger partial charge in [-0.15, -0.1) is 0 Å². The van der Waals surface area contributed by atoms with Gasteiger partial charge in [0.15, 0.2) is 0 Å². The Labute approximate surface area is 165 Å². The van der Waals surface area contributed by atoms with E-state index in [1.54, 1.807) is 11.4 Å². The molecule has 4 rings (SSSR count). The molecule has 1 aromatic carbocycles. The molecule has 0 radical (unpaired) electrons. The molecule has 2 fully saturated rings. The van der Waals surface area contributed by atoms with Crippen molar-refractivity contribution < 1.29 is 17.9 Å². The number of aromatic nitrogens is 1. The van der Waals surface area contributed by atoms with Crippen LogP contribution in [0.5, 0.6) is 0 Å². The molecule has 2 aromatic rings. The summed E-state index contributed by atoms with van der Waals surface area (Å²) in [6.45, 7) is 1.35. The maximum absolute atomic E-state index is 12.7. The van der Waals surface area contributed by atoms with E-state index in [4.69, 9.17) is 4.74 Å². The van der Waals surface area contributed by atoms with Crippen LogP contribution in [0.2, 0.25) is 0 Å². The summed E-state index contributed by atoms with van der Waals surface area (Å²) in [5.74, 6) is 0.505. The van der Waals surface area contributed by atoms with Crippen LogP contribution in [-0.4, -0.2) is 61.8 Å². The standard InChI is InChI=1S/C20H27N3O4S/c1-27-19-10-16-12-23(28(2,25)26)11-15(16)9-17(19)21-20(24)13-22-8-7-14-5-3-4-6-18(14)22/h3-8,15-17,19H,9-13H2,1-2H3,(H,21,24)/t15-,16+,17-,19-/m0/s1. The van der Waals surface area contributed by atoms with Crippen LogP contribution in [0.1, 0.15) is 12.8 Å². The predicted molar refractivity (Wildman–Crippen MR) is 107 cm³/mol. The molecule has 1 aliphatic carbocycles. The second-order valence-electron chi connectivity index (χ2n) is 8.02. The number of ether oxygens (including phenoxy) is 1. The largest absolute Gasteiger partial charge is 0.379 e. The van der Waals surface area contributed by atoms with Gasteiger partial charge in [-0.2, -0.15) is 0 Å². The first-order chi connectivity index (χ1) is 13.3. The number of para-hydroxylation sites is 1. The van der Waals surface area contributed by atoms with Crippen LogP contribution in [0.4, 0.5) is 0 Å². The molecule has 2 heterocycles. The molecule has 0 spiro atoms. The molecule has 0 unspecified atom stereocenters. The Bertz CT molecular complexity index is 971. The molecule has 1 aromatic heterocycles. The summed E-state index contributed by atoms with van der Waals surface area (Å²) < 4.78 is 32.9. The Hall–Kier alpha value is -1.90. The van der Waals surface area contributed by atoms with E-state index in [0.29, 0.717) is 19.0 Å². The first-order valence-corrected chi connectivity index (χ1v) is 11.5. The number of carbonyl (C=O) groups is 1. The highest BCUT2D eigenvalue weighted by molar-refractivity contribution is 7.88. The van der Waals surface area contributed by atoms with Gasteiger partial charge in [0.1, 0.15) is 6.54 Å². The molecule has 1 amide bonds. The Kier molecular flexibility index (Phi) is 5.20. The second kappa shape index (κ2) is 7.50. The highest BCUT2D eigenvalue weighted by Gasteiger charge is 2.44. The molecule has 1 saturated carbocycles. The molecule has 8 heteroatoms. The van der Waals surface area contributed by atoms with Crippen molar-refractivity contribution in [3.05, 3.63) is 36.5 Å². The molecule has 152 valence electrons. The minimum Gasteiger partial charge on any atom is -0.379 e. The molecule has 1 saturated heterocycles. The van der Waals surface area contributed by atoms with E-state index >= 15 is 0 Å². The maximum atomic E-state index is 12.7. The summed E-state index contributed by atoms with van der Waals surface area (Å²) in [4.78, 5) is 12.7. The Morgan fingerprint density at radius 2 is 1.89 bits per heavy atom. The van der Waals surface area contributed by atoms with Gasteiger partial charge in [0.05, 0.1) is 18.4 Å². The van der Waals surface area contributed by atoms with Crippen LogP contribution in [0.25, 0.3) is 10.9 Å². The van der Waals surface area contributed by atoms with E-state index in [9.17, 15) is 13.2 Å². The van der Waals surface area contributed by atoms with Crippen LogP contribution < -0.4 is 5.32 Å². The first-order valence-electron chi connectivity index (χ1n) is 9.66. The third kappa shape index (κ3) is 3.81. The number of amides is 1. The number of benzene rings is 1. The molecule has 4 atom stereocenters. The number of carbonyl (C=O) groups excluding carboxylic acids is 1. The monoisotopic (exact) mass is 405 g/mol. The Balaban J connectivity index is 1.43. The van der Waals surface area contributed by atoms with E-state index in [1.807, 2.05) is 41.1 Å². The van der Waals surface area contributed by atoms with Crippen LogP contribution in [0, 0.1) is 11.8 Å². The summed E-state index contributed by atoms with van der Waals surface area (Å²) in [5.41, 5.74) is 1.03. The molecule has 28 heavy (non-hydrogen) atoms. The minimum atomic E-state index is -3.18. The highest BCUT2D eigenvalue weighted by atomic mass is 32.2. The lowest BCUT2D eigenvalue weighted by molar-refractivity contribution is -0.124. The van der Waals surface area contributed by atoms with Crippen molar-refractivity contribution in [2.45, 2.75) is 31.5 Å². The zero-order valence-electron chi connectivity index (χ0n) is 16.2. The summed E-state index contributed by atoms with van der Waals surface area (Å²) in [5, 5.41) is 4.25. The number of hydrogen-bond donors (Lipinski definition) is 1. The van der Waals surface area contributed by atoms with E-state index in [2.05, 4.69) is 5.32 Å². The number of hydrogen-bond acceptors (Lipinski definition) is 4. The van der Waals surface area contributed by atoms with Crippen LogP contribution in [0.3, 0.4) is 0 Å². The maximum Gasteiger partial charge on any atom is 0.240 e. The molecule has 1 N–H and O–H groups in total. The van der Waals surface area contributed by atoms with Crippen LogP contribution in [-0.2, 0) is 26.1 Å². The van der Waals surface area contributed by atoms with Crippen molar-refractivity contribution in [1.29, 1.82) is 0 Å². The van der Waals surface area contributed by atoms with Crippen molar-refractivity contribution in [3.63, 3.8) is 0 Å². The van der Waals surface area contributed by atoms with E-state index in [-0.39, 0.29) is 30.5 Å². The zero-order valence-corrected chi connectivity index (χ0v) is 17.1. The molecule has 7 nitrogen and oxygen atoms in total. The topological polar surface area (TPSA) is 80.6 Å². The van der Waals surface area contributed by atoms with Gasteiger partial charge < -0.3 is 14.6 Å². The van der Waals surface area contributed by atoms with Crippen molar-refractivity contribution in [1.82, 2.24) is 14.2 Å². The summed E-state index contributed by atoms with van der Waals surface area (Å²) >= 11 is 0. The quantitative estimate of drug-likeness (QED) is 0.816. The normalized spacial score (nSPS) is 28.4. The number of nitrogens with one attached hydrogen (secondary N) is 1. The summed E-state index contributed by atoms with van der Waals surface area (Å²) in [6, 6.07) is 9.89. The summed E-state index contributed by atoms with van der Waals surface area (Å²) in [6.07, 6.45) is 4.61. The number of fused-ring (bicyclic) bond motifs is 2. The highest BCUT2D eigenvalue weighted by Crippen LogP contribution is 2.38. The molecule has 2 aliphatic rings. The van der Waals surface area contributed by atoms with E-state index < -0.39 is 10.0 Å². The SMILES string of the molecule is CO[C@H]1C[C@@H]2CN(S(C)(=O)=O)C[C@@H]2C[C@@H]1NC(=O)Cn1ccc2ccccc21. The van der Waals surface area contributed by atoms with Crippen molar-refractivity contribution in [2.24, 2.45) is 11.8 Å². The Morgan fingerprint density at radius 3 is 2.61 bits per heavy atom. The van der Waals surface area contributed by atoms with Crippen molar-refractivity contribution >= 4 is 26.8 Å². The second-order valence-corrected chi connectivity index (χ2v) is 10.0. The lowest BCUT2D eigenvalue weighted by Gasteiger charge is -2.37. The Morgan fingerprint density at radius 1 is 1.18 bits per heavy atom. The number of methoxy groups -OCH3 is 1. The predicted octanol–water partition coefficient (Wildman–Crippen LogP) is 1.44. The van der Waals surface area contributed by atoms with Gasteiger partial charge in [0, 0.05) is 31.9 Å². The third-order valence-corrected chi connectivity index (χ3v) is 7.43. The third-order valence-electron chi connectivity index (χ3n) is 6.20. The van der Waals surface area contributed by atoms with Crippen LogP contribution in [0.15, 0.2) is 36.5 Å². The van der Waals surface area contributed by atoms with Gasteiger partial charge >= 0.3 is 0 Å². The van der Waals surface area contributed by atoms with Gasteiger partial charge in [-0.25, -0.2) is 12.7 Å². The fourth-order valence-corrected chi connectivity index (χ4v) is 5.66. The summed E-state index contributed by atoms with van der Waals surface area (Å²) in [7, 11) is -1.52. The fraction of sp³-hybridized carbons (Fsp3) is 0.550. The van der Waals surface area contributed by atoms with E-state index in [1.165, 1.54) is 6.26 Å². The molecular formula is C20H27N3O4S. The van der Waals surface area contributed by atoms with Gasteiger partial charge in [-0.05, 0) is 42.2 Å².